The fourth-order valence-electron chi connectivity index (χ4n) is 0.627. The Morgan fingerprint density at radius 2 is 1.88 bits per heavy atom. The van der Waals surface area contributed by atoms with E-state index in [2.05, 4.69) is 45.5 Å². The standard InChI is InChI=1S/C7H14N6OS2/c1-4(14-2)5(11-13-7(9)16)3-10-12-6(8)15/h3-4H,1-2H3,(H3,8,12,15)(H3,9,13,16). The quantitative estimate of drug-likeness (QED) is 0.287. The molecule has 0 radical (unpaired) electrons. The number of ether oxygens (including phenoxy) is 1. The van der Waals surface area contributed by atoms with Crippen LogP contribution in [0.3, 0.4) is 0 Å². The Hall–Kier alpha value is -1.32. The number of hydrogen-bond donors (Lipinski definition) is 4. The summed E-state index contributed by atoms with van der Waals surface area (Å²) in [5, 5.41) is 7.75. The summed E-state index contributed by atoms with van der Waals surface area (Å²) in [4.78, 5) is 0. The fourth-order valence-corrected chi connectivity index (χ4v) is 0.726. The van der Waals surface area contributed by atoms with Gasteiger partial charge < -0.3 is 16.2 Å². The summed E-state index contributed by atoms with van der Waals surface area (Å²) in [6, 6.07) is 0. The number of nitrogens with zero attached hydrogens (tertiary/aromatic N) is 2. The summed E-state index contributed by atoms with van der Waals surface area (Å²) in [5.74, 6) is 0. The summed E-state index contributed by atoms with van der Waals surface area (Å²) in [6.07, 6.45) is 1.12. The highest BCUT2D eigenvalue weighted by Gasteiger charge is 2.07. The Labute approximate surface area is 104 Å². The molecule has 0 heterocycles. The molecule has 0 saturated heterocycles. The molecule has 0 saturated carbocycles. The third kappa shape index (κ3) is 7.04. The lowest BCUT2D eigenvalue weighted by molar-refractivity contribution is 0.172. The molecule has 90 valence electrons. The Morgan fingerprint density at radius 3 is 2.31 bits per heavy atom. The lowest BCUT2D eigenvalue weighted by Gasteiger charge is -2.09. The molecule has 0 amide bonds. The molecule has 0 aromatic heterocycles. The summed E-state index contributed by atoms with van der Waals surface area (Å²) in [5.41, 5.74) is 15.7. The number of hydrazone groups is 2. The zero-order valence-corrected chi connectivity index (χ0v) is 10.6. The molecule has 0 aromatic rings. The van der Waals surface area contributed by atoms with Gasteiger partial charge in [0.15, 0.2) is 10.2 Å². The van der Waals surface area contributed by atoms with Crippen molar-refractivity contribution in [2.24, 2.45) is 21.7 Å². The predicted molar refractivity (Wildman–Crippen MR) is 72.2 cm³/mol. The van der Waals surface area contributed by atoms with E-state index in [1.165, 1.54) is 13.3 Å². The van der Waals surface area contributed by atoms with Crippen molar-refractivity contribution in [3.05, 3.63) is 0 Å². The summed E-state index contributed by atoms with van der Waals surface area (Å²) in [6.45, 7) is 1.78. The first kappa shape index (κ1) is 14.7. The lowest BCUT2D eigenvalue weighted by atomic mass is 10.2. The second kappa shape index (κ2) is 7.91. The minimum absolute atomic E-state index is 0.0523. The average molecular weight is 262 g/mol. The highest BCUT2D eigenvalue weighted by Crippen LogP contribution is 1.90. The van der Waals surface area contributed by atoms with Crippen LogP contribution in [0.25, 0.3) is 0 Å². The van der Waals surface area contributed by atoms with Crippen LogP contribution < -0.4 is 22.3 Å². The van der Waals surface area contributed by atoms with Crippen LogP contribution in [-0.2, 0) is 4.74 Å². The fraction of sp³-hybridized carbons (Fsp3) is 0.429. The summed E-state index contributed by atoms with van der Waals surface area (Å²) in [7, 11) is 1.54. The van der Waals surface area contributed by atoms with Crippen molar-refractivity contribution in [1.82, 2.24) is 10.9 Å². The minimum atomic E-state index is -0.279. The van der Waals surface area contributed by atoms with Gasteiger partial charge in [0.05, 0.1) is 12.3 Å². The summed E-state index contributed by atoms with van der Waals surface area (Å²) >= 11 is 9.18. The molecule has 16 heavy (non-hydrogen) atoms. The maximum Gasteiger partial charge on any atom is 0.184 e. The Balaban J connectivity index is 4.54. The molecule has 0 aliphatic rings. The van der Waals surface area contributed by atoms with E-state index in [4.69, 9.17) is 16.2 Å². The van der Waals surface area contributed by atoms with E-state index in [0.717, 1.165) is 0 Å². The number of thiocarbonyl (C=S) groups is 2. The molecule has 0 aromatic carbocycles. The Morgan fingerprint density at radius 1 is 1.31 bits per heavy atom. The molecule has 0 bridgehead atoms. The third-order valence-electron chi connectivity index (χ3n) is 1.44. The molecule has 9 heteroatoms. The molecular formula is C7H14N6OS2. The van der Waals surface area contributed by atoms with E-state index in [-0.39, 0.29) is 16.3 Å². The first-order chi connectivity index (χ1) is 7.47. The van der Waals surface area contributed by atoms with Gasteiger partial charge in [-0.2, -0.15) is 10.2 Å². The van der Waals surface area contributed by atoms with Crippen LogP contribution in [0.15, 0.2) is 10.2 Å². The average Bonchev–Trinajstić information content (AvgIpc) is 2.21. The highest BCUT2D eigenvalue weighted by molar-refractivity contribution is 7.80. The second-order valence-electron chi connectivity index (χ2n) is 2.62. The number of nitrogens with two attached hydrogens (primary N) is 2. The van der Waals surface area contributed by atoms with Crippen LogP contribution in [0.4, 0.5) is 0 Å². The van der Waals surface area contributed by atoms with Crippen molar-refractivity contribution in [3.8, 4) is 0 Å². The van der Waals surface area contributed by atoms with Crippen LogP contribution in [0, 0.1) is 0 Å². The van der Waals surface area contributed by atoms with Gasteiger partial charge in [-0.3, -0.25) is 10.9 Å². The van der Waals surface area contributed by atoms with Crippen molar-refractivity contribution in [2.75, 3.05) is 7.11 Å². The van der Waals surface area contributed by atoms with Gasteiger partial charge in [0.2, 0.25) is 0 Å². The number of rotatable bonds is 5. The zero-order chi connectivity index (χ0) is 12.6. The maximum atomic E-state index is 5.23. The predicted octanol–water partition coefficient (Wildman–Crippen LogP) is -0.970. The van der Waals surface area contributed by atoms with Gasteiger partial charge in [0.25, 0.3) is 0 Å². The van der Waals surface area contributed by atoms with Gasteiger partial charge in [0.1, 0.15) is 5.71 Å². The molecular weight excluding hydrogens is 248 g/mol. The molecule has 1 atom stereocenters. The number of methoxy groups -OCH3 is 1. The van der Waals surface area contributed by atoms with Gasteiger partial charge in [0, 0.05) is 7.11 Å². The third-order valence-corrected chi connectivity index (χ3v) is 1.62. The van der Waals surface area contributed by atoms with Gasteiger partial charge in [-0.15, -0.1) is 0 Å². The minimum Gasteiger partial charge on any atom is -0.375 e. The number of nitrogens with one attached hydrogen (secondary N) is 2. The lowest BCUT2D eigenvalue weighted by Crippen LogP contribution is -2.31. The first-order valence-electron chi connectivity index (χ1n) is 4.21. The zero-order valence-electron chi connectivity index (χ0n) is 8.93. The smallest absolute Gasteiger partial charge is 0.184 e. The highest BCUT2D eigenvalue weighted by atomic mass is 32.1. The van der Waals surface area contributed by atoms with Gasteiger partial charge in [-0.25, -0.2) is 0 Å². The van der Waals surface area contributed by atoms with Crippen molar-refractivity contribution in [1.29, 1.82) is 0 Å². The van der Waals surface area contributed by atoms with E-state index >= 15 is 0 Å². The van der Waals surface area contributed by atoms with E-state index in [1.54, 1.807) is 6.92 Å². The second-order valence-corrected chi connectivity index (χ2v) is 3.50. The molecule has 0 spiro atoms. The SMILES string of the molecule is COC(C)C(C=NNC(N)=S)=NNC(N)=S. The van der Waals surface area contributed by atoms with Crippen LogP contribution in [0.5, 0.6) is 0 Å². The molecule has 7 nitrogen and oxygen atoms in total. The Bertz CT molecular complexity index is 316. The molecule has 0 aliphatic carbocycles. The molecule has 0 fully saturated rings. The first-order valence-corrected chi connectivity index (χ1v) is 5.03. The summed E-state index contributed by atoms with van der Waals surface area (Å²) < 4.78 is 5.06. The normalized spacial score (nSPS) is 13.5. The monoisotopic (exact) mass is 262 g/mol. The van der Waals surface area contributed by atoms with Crippen molar-refractivity contribution in [2.45, 2.75) is 13.0 Å². The van der Waals surface area contributed by atoms with Crippen molar-refractivity contribution >= 4 is 46.6 Å². The largest absolute Gasteiger partial charge is 0.375 e. The van der Waals surface area contributed by atoms with E-state index < -0.39 is 0 Å². The van der Waals surface area contributed by atoms with Gasteiger partial charge >= 0.3 is 0 Å². The molecule has 6 N–H and O–H groups in total. The van der Waals surface area contributed by atoms with Crippen LogP contribution in [0.1, 0.15) is 6.92 Å². The van der Waals surface area contributed by atoms with E-state index in [0.29, 0.717) is 5.71 Å². The topological polar surface area (TPSA) is 110 Å². The van der Waals surface area contributed by atoms with Gasteiger partial charge in [-0.1, -0.05) is 0 Å². The molecule has 0 aliphatic heterocycles. The van der Waals surface area contributed by atoms with E-state index in [1.807, 2.05) is 0 Å². The van der Waals surface area contributed by atoms with Crippen molar-refractivity contribution < 1.29 is 4.74 Å². The van der Waals surface area contributed by atoms with Crippen molar-refractivity contribution in [3.63, 3.8) is 0 Å². The molecule has 1 unspecified atom stereocenters. The van der Waals surface area contributed by atoms with Gasteiger partial charge in [-0.05, 0) is 31.4 Å². The Kier molecular flexibility index (Phi) is 7.25. The van der Waals surface area contributed by atoms with Crippen LogP contribution >= 0.6 is 24.4 Å². The number of hydrogen-bond acceptors (Lipinski definition) is 5. The van der Waals surface area contributed by atoms with Crippen LogP contribution in [-0.4, -0.2) is 35.4 Å². The molecule has 0 rings (SSSR count). The van der Waals surface area contributed by atoms with E-state index in [9.17, 15) is 0 Å². The maximum absolute atomic E-state index is 5.23. The van der Waals surface area contributed by atoms with Crippen LogP contribution in [0.2, 0.25) is 0 Å².